The predicted octanol–water partition coefficient (Wildman–Crippen LogP) is 3.93. The molecular formula is C32H35FN4O8. The zero-order valence-corrected chi connectivity index (χ0v) is 25.3. The summed E-state index contributed by atoms with van der Waals surface area (Å²) in [6.07, 6.45) is 0.327. The van der Waals surface area contributed by atoms with Crippen LogP contribution in [0.15, 0.2) is 77.0 Å². The third kappa shape index (κ3) is 8.63. The first-order chi connectivity index (χ1) is 21.7. The van der Waals surface area contributed by atoms with Crippen LogP contribution in [-0.2, 0) is 16.1 Å². The third-order valence-electron chi connectivity index (χ3n) is 6.60. The summed E-state index contributed by atoms with van der Waals surface area (Å²) in [6.45, 7) is 3.81. The first-order valence-electron chi connectivity index (χ1n) is 14.0. The summed E-state index contributed by atoms with van der Waals surface area (Å²) in [7, 11) is 2.78. The van der Waals surface area contributed by atoms with E-state index in [1.807, 2.05) is 0 Å². The van der Waals surface area contributed by atoms with Gasteiger partial charge in [-0.1, -0.05) is 18.2 Å². The highest BCUT2D eigenvalue weighted by Gasteiger charge is 2.32. The molecule has 238 valence electrons. The number of benzene rings is 3. The van der Waals surface area contributed by atoms with Crippen molar-refractivity contribution in [3.05, 3.63) is 94.4 Å². The molecule has 13 heteroatoms. The van der Waals surface area contributed by atoms with Gasteiger partial charge in [0.05, 0.1) is 38.7 Å². The highest BCUT2D eigenvalue weighted by atomic mass is 19.1. The molecule has 0 saturated carbocycles. The van der Waals surface area contributed by atoms with E-state index >= 15 is 0 Å². The lowest BCUT2D eigenvalue weighted by molar-refractivity contribution is -0.136. The molecular weight excluding hydrogens is 587 g/mol. The molecule has 45 heavy (non-hydrogen) atoms. The van der Waals surface area contributed by atoms with Gasteiger partial charge in [0.15, 0.2) is 29.2 Å². The molecule has 1 aliphatic heterocycles. The number of esters is 1. The van der Waals surface area contributed by atoms with Crippen LogP contribution in [0.1, 0.15) is 36.6 Å². The summed E-state index contributed by atoms with van der Waals surface area (Å²) in [5.41, 5.74) is 5.30. The first kappa shape index (κ1) is 32.6. The summed E-state index contributed by atoms with van der Waals surface area (Å²) < 4.78 is 40.8. The van der Waals surface area contributed by atoms with Crippen LogP contribution in [0, 0.1) is 5.82 Å². The molecule has 4 N–H and O–H groups in total. The fraction of sp³-hybridized carbons (Fsp3) is 0.281. The summed E-state index contributed by atoms with van der Waals surface area (Å²) in [4.78, 5) is 24.6. The van der Waals surface area contributed by atoms with Crippen LogP contribution < -0.4 is 35.0 Å². The number of ether oxygens (including phenoxy) is 5. The first-order valence-corrected chi connectivity index (χ1v) is 14.0. The highest BCUT2D eigenvalue weighted by Crippen LogP contribution is 2.35. The molecule has 4 rings (SSSR count). The molecule has 1 aliphatic rings. The summed E-state index contributed by atoms with van der Waals surface area (Å²) in [5, 5.41) is 19.8. The van der Waals surface area contributed by atoms with Crippen molar-refractivity contribution in [2.24, 2.45) is 5.10 Å². The Morgan fingerprint density at radius 3 is 2.47 bits per heavy atom. The van der Waals surface area contributed by atoms with Crippen LogP contribution in [0.25, 0.3) is 0 Å². The number of hydrogen-bond acceptors (Lipinski definition) is 10. The van der Waals surface area contributed by atoms with Crippen LogP contribution >= 0.6 is 0 Å². The molecule has 3 aromatic carbocycles. The Hall–Kier alpha value is -5.30. The minimum Gasteiger partial charge on any atom is -0.493 e. The molecule has 12 nitrogen and oxygen atoms in total. The van der Waals surface area contributed by atoms with E-state index in [-0.39, 0.29) is 24.6 Å². The number of aliphatic hydroxyl groups excluding tert-OH is 1. The van der Waals surface area contributed by atoms with Crippen molar-refractivity contribution in [2.45, 2.75) is 32.7 Å². The van der Waals surface area contributed by atoms with Gasteiger partial charge in [0.1, 0.15) is 19.0 Å². The number of rotatable bonds is 14. The number of allylic oxidation sites excluding steroid dienone is 1. The molecule has 0 aromatic heterocycles. The monoisotopic (exact) mass is 622 g/mol. The van der Waals surface area contributed by atoms with Gasteiger partial charge in [-0.15, -0.1) is 0 Å². The van der Waals surface area contributed by atoms with E-state index in [9.17, 15) is 19.1 Å². The van der Waals surface area contributed by atoms with E-state index in [1.54, 1.807) is 62.4 Å². The maximum atomic E-state index is 13.1. The Balaban J connectivity index is 1.36. The van der Waals surface area contributed by atoms with Gasteiger partial charge < -0.3 is 39.4 Å². The standard InChI is InChI=1S/C32H35FN4O8/c1-5-43-27-15-22(30-29(31(39)42-4)19(2)35-32(40)36-30)9-13-25(27)45-18-28(38)37-34-16-21-8-12-24(26(14-21)41-3)44-17-20-6-10-23(33)11-7-20/h6-16,28,30,37-38H,5,17-18H2,1-4H3,(H2,35,36,40)/b34-16-/t28-,30+/m1/s1. The number of urea groups is 1. The fourth-order valence-corrected chi connectivity index (χ4v) is 4.45. The van der Waals surface area contributed by atoms with Crippen molar-refractivity contribution in [3.63, 3.8) is 0 Å². The second kappa shape index (κ2) is 15.4. The van der Waals surface area contributed by atoms with Gasteiger partial charge in [-0.05, 0) is 73.0 Å². The maximum Gasteiger partial charge on any atom is 0.337 e. The highest BCUT2D eigenvalue weighted by molar-refractivity contribution is 5.95. The van der Waals surface area contributed by atoms with Gasteiger partial charge in [-0.3, -0.25) is 5.43 Å². The van der Waals surface area contributed by atoms with Crippen LogP contribution in [-0.4, -0.2) is 57.0 Å². The number of amides is 2. The van der Waals surface area contributed by atoms with E-state index in [0.29, 0.717) is 46.4 Å². The number of halogens is 1. The number of methoxy groups -OCH3 is 2. The lowest BCUT2D eigenvalue weighted by Gasteiger charge is -2.28. The van der Waals surface area contributed by atoms with Crippen LogP contribution in [0.2, 0.25) is 0 Å². The van der Waals surface area contributed by atoms with Crippen molar-refractivity contribution in [1.29, 1.82) is 0 Å². The summed E-state index contributed by atoms with van der Waals surface area (Å²) >= 11 is 0. The molecule has 3 aromatic rings. The number of carbonyl (C=O) groups is 2. The fourth-order valence-electron chi connectivity index (χ4n) is 4.45. The lowest BCUT2D eigenvalue weighted by Crippen LogP contribution is -2.45. The molecule has 0 aliphatic carbocycles. The largest absolute Gasteiger partial charge is 0.493 e. The number of aliphatic hydroxyl groups is 1. The molecule has 0 fully saturated rings. The zero-order chi connectivity index (χ0) is 32.3. The van der Waals surface area contributed by atoms with Gasteiger partial charge in [-0.25, -0.2) is 14.0 Å². The second-order valence-electron chi connectivity index (χ2n) is 9.74. The lowest BCUT2D eigenvalue weighted by atomic mass is 9.95. The molecule has 0 unspecified atom stereocenters. The number of carbonyl (C=O) groups excluding carboxylic acids is 2. The van der Waals surface area contributed by atoms with Gasteiger partial charge in [0, 0.05) is 5.70 Å². The average Bonchev–Trinajstić information content (AvgIpc) is 3.03. The summed E-state index contributed by atoms with van der Waals surface area (Å²) in [5.74, 6) is 0.782. The summed E-state index contributed by atoms with van der Waals surface area (Å²) in [6, 6.07) is 15.0. The third-order valence-corrected chi connectivity index (χ3v) is 6.60. The van der Waals surface area contributed by atoms with Crippen molar-refractivity contribution in [2.75, 3.05) is 27.4 Å². The van der Waals surface area contributed by atoms with Crippen molar-refractivity contribution >= 4 is 18.2 Å². The molecule has 1 heterocycles. The van der Waals surface area contributed by atoms with Gasteiger partial charge >= 0.3 is 12.0 Å². The Kier molecular flexibility index (Phi) is 11.2. The van der Waals surface area contributed by atoms with Gasteiger partial charge in [0.25, 0.3) is 0 Å². The quantitative estimate of drug-likeness (QED) is 0.0908. The molecule has 0 bridgehead atoms. The molecule has 2 atom stereocenters. The van der Waals surface area contributed by atoms with E-state index in [4.69, 9.17) is 23.7 Å². The zero-order valence-electron chi connectivity index (χ0n) is 25.3. The maximum absolute atomic E-state index is 13.1. The van der Waals surface area contributed by atoms with Crippen molar-refractivity contribution in [3.8, 4) is 23.0 Å². The SMILES string of the molecule is CCOc1cc([C@@H]2NC(=O)NC(C)=C2C(=O)OC)ccc1OC[C@@H](O)N/N=C\c1ccc(OCc2ccc(F)cc2)c(OC)c1. The number of hydrogen-bond donors (Lipinski definition) is 4. The van der Waals surface area contributed by atoms with Crippen LogP contribution in [0.4, 0.5) is 9.18 Å². The Morgan fingerprint density at radius 2 is 1.76 bits per heavy atom. The van der Waals surface area contributed by atoms with Crippen molar-refractivity contribution in [1.82, 2.24) is 16.1 Å². The second-order valence-corrected chi connectivity index (χ2v) is 9.74. The molecule has 0 saturated heterocycles. The normalized spacial score (nSPS) is 15.2. The van der Waals surface area contributed by atoms with Gasteiger partial charge in [-0.2, -0.15) is 5.10 Å². The Bertz CT molecular complexity index is 1560. The minimum absolute atomic E-state index is 0.174. The molecule has 0 spiro atoms. The Morgan fingerprint density at radius 1 is 1.02 bits per heavy atom. The predicted molar refractivity (Wildman–Crippen MR) is 163 cm³/mol. The molecule has 0 radical (unpaired) electrons. The van der Waals surface area contributed by atoms with E-state index in [2.05, 4.69) is 21.2 Å². The topological polar surface area (TPSA) is 149 Å². The van der Waals surface area contributed by atoms with E-state index in [1.165, 1.54) is 32.6 Å². The van der Waals surface area contributed by atoms with E-state index < -0.39 is 24.3 Å². The van der Waals surface area contributed by atoms with E-state index in [0.717, 1.165) is 5.56 Å². The molecule has 2 amide bonds. The number of nitrogens with zero attached hydrogens (tertiary/aromatic N) is 1. The minimum atomic E-state index is -1.17. The average molecular weight is 623 g/mol. The smallest absolute Gasteiger partial charge is 0.337 e. The Labute approximate surface area is 259 Å². The number of hydrazone groups is 1. The van der Waals surface area contributed by atoms with Crippen LogP contribution in [0.3, 0.4) is 0 Å². The van der Waals surface area contributed by atoms with Gasteiger partial charge in [0.2, 0.25) is 0 Å². The number of nitrogens with one attached hydrogen (secondary N) is 3. The van der Waals surface area contributed by atoms with Crippen molar-refractivity contribution < 1.29 is 42.8 Å². The van der Waals surface area contributed by atoms with Crippen LogP contribution in [0.5, 0.6) is 23.0 Å².